The predicted molar refractivity (Wildman–Crippen MR) is 74.3 cm³/mol. The highest BCUT2D eigenvalue weighted by Crippen LogP contribution is 2.19. The molecule has 0 aliphatic heterocycles. The molecule has 1 rings (SSSR count). The minimum absolute atomic E-state index is 0.0416. The molecule has 19 heavy (non-hydrogen) atoms. The van der Waals surface area contributed by atoms with Gasteiger partial charge in [0.2, 0.25) is 11.8 Å². The molecule has 1 aromatic heterocycles. The van der Waals surface area contributed by atoms with Gasteiger partial charge in [-0.1, -0.05) is 13.8 Å². The zero-order chi connectivity index (χ0) is 14.3. The fourth-order valence-corrected chi connectivity index (χ4v) is 1.52. The van der Waals surface area contributed by atoms with E-state index >= 15 is 0 Å². The highest BCUT2D eigenvalue weighted by Gasteiger charge is 2.07. The van der Waals surface area contributed by atoms with Gasteiger partial charge in [-0.3, -0.25) is 4.79 Å². The molecule has 2 N–H and O–H groups in total. The maximum atomic E-state index is 11.5. The van der Waals surface area contributed by atoms with Crippen molar-refractivity contribution >= 4 is 11.7 Å². The minimum Gasteiger partial charge on any atom is -0.481 e. The Hall–Kier alpha value is -1.85. The lowest BCUT2D eigenvalue weighted by Gasteiger charge is -2.11. The maximum absolute atomic E-state index is 11.5. The lowest BCUT2D eigenvalue weighted by atomic mass is 10.2. The molecule has 0 radical (unpaired) electrons. The summed E-state index contributed by atoms with van der Waals surface area (Å²) in [7, 11) is 1.57. The van der Waals surface area contributed by atoms with Crippen LogP contribution >= 0.6 is 0 Å². The molecule has 0 saturated carbocycles. The standard InChI is InChI=1S/C13H22N4O2/c1-9(2)7-15-11(18)5-6-14-12-10(3)13(19-4)17-8-16-12/h8-9H,5-7H2,1-4H3,(H,15,18)(H,14,16,17). The van der Waals surface area contributed by atoms with Crippen LogP contribution in [-0.4, -0.2) is 36.1 Å². The second-order valence-corrected chi connectivity index (χ2v) is 4.73. The van der Waals surface area contributed by atoms with Crippen LogP contribution < -0.4 is 15.4 Å². The van der Waals surface area contributed by atoms with Gasteiger partial charge in [0, 0.05) is 19.5 Å². The van der Waals surface area contributed by atoms with Crippen molar-refractivity contribution in [2.45, 2.75) is 27.2 Å². The first-order chi connectivity index (χ1) is 9.04. The molecule has 0 bridgehead atoms. The highest BCUT2D eigenvalue weighted by atomic mass is 16.5. The largest absolute Gasteiger partial charge is 0.481 e. The van der Waals surface area contributed by atoms with Gasteiger partial charge >= 0.3 is 0 Å². The normalized spacial score (nSPS) is 10.4. The molecule has 0 atom stereocenters. The Labute approximate surface area is 114 Å². The Morgan fingerprint density at radius 1 is 1.42 bits per heavy atom. The minimum atomic E-state index is 0.0416. The molecule has 0 aliphatic rings. The summed E-state index contributed by atoms with van der Waals surface area (Å²) >= 11 is 0. The first-order valence-electron chi connectivity index (χ1n) is 6.40. The van der Waals surface area contributed by atoms with Crippen molar-refractivity contribution in [3.63, 3.8) is 0 Å². The monoisotopic (exact) mass is 266 g/mol. The van der Waals surface area contributed by atoms with E-state index in [2.05, 4.69) is 34.4 Å². The Morgan fingerprint density at radius 2 is 2.16 bits per heavy atom. The smallest absolute Gasteiger partial charge is 0.221 e. The maximum Gasteiger partial charge on any atom is 0.221 e. The quantitative estimate of drug-likeness (QED) is 0.779. The third kappa shape index (κ3) is 5.11. The molecule has 0 aliphatic carbocycles. The van der Waals surface area contributed by atoms with E-state index in [0.717, 1.165) is 5.56 Å². The van der Waals surface area contributed by atoms with Crippen molar-refractivity contribution in [3.05, 3.63) is 11.9 Å². The van der Waals surface area contributed by atoms with Gasteiger partial charge in [-0.05, 0) is 12.8 Å². The van der Waals surface area contributed by atoms with E-state index in [9.17, 15) is 4.79 Å². The zero-order valence-electron chi connectivity index (χ0n) is 12.0. The van der Waals surface area contributed by atoms with Crippen molar-refractivity contribution in [3.8, 4) is 5.88 Å². The number of carbonyl (C=O) groups excluding carboxylic acids is 1. The van der Waals surface area contributed by atoms with Crippen molar-refractivity contribution in [1.82, 2.24) is 15.3 Å². The zero-order valence-corrected chi connectivity index (χ0v) is 12.0. The van der Waals surface area contributed by atoms with Crippen LogP contribution in [0.25, 0.3) is 0 Å². The SMILES string of the molecule is COc1ncnc(NCCC(=O)NCC(C)C)c1C. The van der Waals surface area contributed by atoms with E-state index in [0.29, 0.717) is 37.1 Å². The topological polar surface area (TPSA) is 76.1 Å². The number of amides is 1. The molecule has 106 valence electrons. The summed E-state index contributed by atoms with van der Waals surface area (Å²) < 4.78 is 5.11. The second-order valence-electron chi connectivity index (χ2n) is 4.73. The molecule has 6 nitrogen and oxygen atoms in total. The van der Waals surface area contributed by atoms with Crippen molar-refractivity contribution in [2.75, 3.05) is 25.5 Å². The van der Waals surface area contributed by atoms with Crippen LogP contribution in [0.3, 0.4) is 0 Å². The Kier molecular flexibility index (Phi) is 6.05. The number of nitrogens with one attached hydrogen (secondary N) is 2. The van der Waals surface area contributed by atoms with Crippen LogP contribution in [-0.2, 0) is 4.79 Å². The van der Waals surface area contributed by atoms with Crippen LogP contribution in [0.4, 0.5) is 5.82 Å². The molecular weight excluding hydrogens is 244 g/mol. The number of ether oxygens (including phenoxy) is 1. The summed E-state index contributed by atoms with van der Waals surface area (Å²) in [5.41, 5.74) is 0.840. The van der Waals surface area contributed by atoms with E-state index in [1.807, 2.05) is 6.92 Å². The Balaban J connectivity index is 2.39. The van der Waals surface area contributed by atoms with Gasteiger partial charge in [-0.25, -0.2) is 9.97 Å². The van der Waals surface area contributed by atoms with Gasteiger partial charge in [0.15, 0.2) is 0 Å². The number of rotatable bonds is 7. The average molecular weight is 266 g/mol. The summed E-state index contributed by atoms with van der Waals surface area (Å²) in [5, 5.41) is 5.98. The lowest BCUT2D eigenvalue weighted by molar-refractivity contribution is -0.120. The van der Waals surface area contributed by atoms with E-state index in [1.165, 1.54) is 6.33 Å². The molecule has 0 fully saturated rings. The molecular formula is C13H22N4O2. The first kappa shape index (κ1) is 15.2. The molecule has 0 saturated heterocycles. The summed E-state index contributed by atoms with van der Waals surface area (Å²) in [6.45, 7) is 7.24. The highest BCUT2D eigenvalue weighted by molar-refractivity contribution is 5.76. The van der Waals surface area contributed by atoms with E-state index in [1.54, 1.807) is 7.11 Å². The second kappa shape index (κ2) is 7.56. The summed E-state index contributed by atoms with van der Waals surface area (Å²) in [6, 6.07) is 0. The van der Waals surface area contributed by atoms with Gasteiger partial charge < -0.3 is 15.4 Å². The number of aromatic nitrogens is 2. The van der Waals surface area contributed by atoms with Crippen LogP contribution in [0.5, 0.6) is 5.88 Å². The summed E-state index contributed by atoms with van der Waals surface area (Å²) in [4.78, 5) is 19.7. The van der Waals surface area contributed by atoms with E-state index < -0.39 is 0 Å². The molecule has 1 heterocycles. The molecule has 0 aromatic carbocycles. The number of hydrogen-bond acceptors (Lipinski definition) is 5. The van der Waals surface area contributed by atoms with Crippen molar-refractivity contribution in [2.24, 2.45) is 5.92 Å². The van der Waals surface area contributed by atoms with Crippen molar-refractivity contribution < 1.29 is 9.53 Å². The van der Waals surface area contributed by atoms with Crippen LogP contribution in [0.15, 0.2) is 6.33 Å². The number of carbonyl (C=O) groups is 1. The van der Waals surface area contributed by atoms with Gasteiger partial charge in [-0.2, -0.15) is 0 Å². The van der Waals surface area contributed by atoms with Crippen LogP contribution in [0.2, 0.25) is 0 Å². The number of methoxy groups -OCH3 is 1. The van der Waals surface area contributed by atoms with Gasteiger partial charge in [-0.15, -0.1) is 0 Å². The molecule has 0 spiro atoms. The lowest BCUT2D eigenvalue weighted by Crippen LogP contribution is -2.28. The fraction of sp³-hybridized carbons (Fsp3) is 0.615. The number of hydrogen-bond donors (Lipinski definition) is 2. The van der Waals surface area contributed by atoms with Gasteiger partial charge in [0.1, 0.15) is 12.1 Å². The molecule has 1 aromatic rings. The average Bonchev–Trinajstić information content (AvgIpc) is 2.38. The van der Waals surface area contributed by atoms with Crippen LogP contribution in [0, 0.1) is 12.8 Å². The van der Waals surface area contributed by atoms with Gasteiger partial charge in [0.05, 0.1) is 12.7 Å². The number of anilines is 1. The third-order valence-corrected chi connectivity index (χ3v) is 2.58. The first-order valence-corrected chi connectivity index (χ1v) is 6.40. The molecule has 0 unspecified atom stereocenters. The summed E-state index contributed by atoms with van der Waals surface area (Å²) in [5.74, 6) is 1.75. The molecule has 6 heteroatoms. The fourth-order valence-electron chi connectivity index (χ4n) is 1.52. The van der Waals surface area contributed by atoms with E-state index in [-0.39, 0.29) is 5.91 Å². The Bertz CT molecular complexity index is 421. The van der Waals surface area contributed by atoms with Crippen molar-refractivity contribution in [1.29, 1.82) is 0 Å². The number of nitrogens with zero attached hydrogens (tertiary/aromatic N) is 2. The molecule has 1 amide bonds. The van der Waals surface area contributed by atoms with Crippen LogP contribution in [0.1, 0.15) is 25.8 Å². The van der Waals surface area contributed by atoms with E-state index in [4.69, 9.17) is 4.74 Å². The summed E-state index contributed by atoms with van der Waals surface area (Å²) in [6.07, 6.45) is 1.85. The Morgan fingerprint density at radius 3 is 2.79 bits per heavy atom. The predicted octanol–water partition coefficient (Wildman–Crippen LogP) is 1.37. The van der Waals surface area contributed by atoms with Gasteiger partial charge in [0.25, 0.3) is 0 Å². The third-order valence-electron chi connectivity index (χ3n) is 2.58.